The molecule has 2 N–H and O–H groups in total. The molecule has 2 rings (SSSR count). The summed E-state index contributed by atoms with van der Waals surface area (Å²) in [5.74, 6) is -0.622. The maximum atomic E-state index is 12.2. The molecular weight excluding hydrogens is 405 g/mol. The molecule has 0 saturated heterocycles. The molecule has 0 aliphatic rings. The minimum Gasteiger partial charge on any atom is -0.326 e. The van der Waals surface area contributed by atoms with Crippen molar-refractivity contribution in [2.75, 3.05) is 10.6 Å². The fraction of sp³-hybridized carbons (Fsp3) is 0.158. The highest BCUT2D eigenvalue weighted by molar-refractivity contribution is 6.34. The van der Waals surface area contributed by atoms with Crippen LogP contribution < -0.4 is 10.6 Å². The first-order valence-corrected chi connectivity index (χ1v) is 9.08. The maximum absolute atomic E-state index is 12.2. The Morgan fingerprint density at radius 3 is 2.50 bits per heavy atom. The zero-order valence-electron chi connectivity index (χ0n) is 14.9. The number of hydrogen-bond acceptors (Lipinski definition) is 4. The summed E-state index contributed by atoms with van der Waals surface area (Å²) in [4.78, 5) is 34.2. The molecule has 0 atom stereocenters. The lowest BCUT2D eigenvalue weighted by atomic mass is 10.2. The molecule has 0 heterocycles. The summed E-state index contributed by atoms with van der Waals surface area (Å²) in [5, 5.41) is 16.6. The van der Waals surface area contributed by atoms with Crippen molar-refractivity contribution < 1.29 is 14.5 Å². The van der Waals surface area contributed by atoms with Crippen molar-refractivity contribution in [3.05, 3.63) is 68.2 Å². The largest absolute Gasteiger partial charge is 0.326 e. The first-order valence-electron chi connectivity index (χ1n) is 8.32. The van der Waals surface area contributed by atoms with Gasteiger partial charge >= 0.3 is 0 Å². The van der Waals surface area contributed by atoms with Crippen LogP contribution in [0, 0.1) is 10.1 Å². The SMILES string of the molecule is CCCC(=O)Nc1ccc(Cl)c(NC(=O)C=Cc2ccc(Cl)c([N+](=O)[O-])c2)c1. The molecule has 2 amide bonds. The van der Waals surface area contributed by atoms with Gasteiger partial charge in [-0.05, 0) is 42.3 Å². The summed E-state index contributed by atoms with van der Waals surface area (Å²) in [6.07, 6.45) is 3.74. The van der Waals surface area contributed by atoms with E-state index in [9.17, 15) is 19.7 Å². The molecule has 0 unspecified atom stereocenters. The average molecular weight is 422 g/mol. The van der Waals surface area contributed by atoms with E-state index < -0.39 is 10.8 Å². The molecule has 28 heavy (non-hydrogen) atoms. The van der Waals surface area contributed by atoms with E-state index in [1.807, 2.05) is 6.92 Å². The Morgan fingerprint density at radius 2 is 1.82 bits per heavy atom. The molecule has 0 aromatic heterocycles. The van der Waals surface area contributed by atoms with Crippen LogP contribution in [-0.4, -0.2) is 16.7 Å². The van der Waals surface area contributed by atoms with Crippen molar-refractivity contribution in [2.24, 2.45) is 0 Å². The van der Waals surface area contributed by atoms with Gasteiger partial charge in [-0.2, -0.15) is 0 Å². The van der Waals surface area contributed by atoms with Crippen molar-refractivity contribution in [1.29, 1.82) is 0 Å². The number of carbonyl (C=O) groups excluding carboxylic acids is 2. The number of nitro benzene ring substituents is 1. The van der Waals surface area contributed by atoms with Gasteiger partial charge in [0.05, 0.1) is 15.6 Å². The molecule has 2 aromatic carbocycles. The molecule has 7 nitrogen and oxygen atoms in total. The summed E-state index contributed by atoms with van der Waals surface area (Å²) in [6.45, 7) is 1.90. The van der Waals surface area contributed by atoms with Gasteiger partial charge in [0.2, 0.25) is 11.8 Å². The Kier molecular flexibility index (Phi) is 7.54. The van der Waals surface area contributed by atoms with E-state index in [-0.39, 0.29) is 16.6 Å². The Hall–Kier alpha value is -2.90. The highest BCUT2D eigenvalue weighted by Crippen LogP contribution is 2.27. The number of nitrogens with zero attached hydrogens (tertiary/aromatic N) is 1. The number of amides is 2. The Balaban J connectivity index is 2.10. The van der Waals surface area contributed by atoms with Gasteiger partial charge in [0.1, 0.15) is 5.02 Å². The lowest BCUT2D eigenvalue weighted by Gasteiger charge is -2.09. The van der Waals surface area contributed by atoms with E-state index in [4.69, 9.17) is 23.2 Å². The Bertz CT molecular complexity index is 945. The number of carbonyl (C=O) groups is 2. The summed E-state index contributed by atoms with van der Waals surface area (Å²) in [6, 6.07) is 8.95. The number of rotatable bonds is 7. The zero-order chi connectivity index (χ0) is 20.7. The molecular formula is C19H17Cl2N3O4. The molecule has 0 saturated carbocycles. The predicted octanol–water partition coefficient (Wildman–Crippen LogP) is 5.29. The molecule has 146 valence electrons. The molecule has 0 radical (unpaired) electrons. The van der Waals surface area contributed by atoms with Crippen LogP contribution in [0.4, 0.5) is 17.1 Å². The van der Waals surface area contributed by atoms with Crippen LogP contribution in [0.3, 0.4) is 0 Å². The number of hydrogen-bond donors (Lipinski definition) is 2. The Morgan fingerprint density at radius 1 is 1.11 bits per heavy atom. The van der Waals surface area contributed by atoms with Crippen LogP contribution in [0.1, 0.15) is 25.3 Å². The maximum Gasteiger partial charge on any atom is 0.288 e. The summed E-state index contributed by atoms with van der Waals surface area (Å²) >= 11 is 11.8. The topological polar surface area (TPSA) is 101 Å². The second kappa shape index (κ2) is 9.87. The molecule has 9 heteroatoms. The van der Waals surface area contributed by atoms with E-state index in [0.717, 1.165) is 6.42 Å². The number of benzene rings is 2. The molecule has 2 aromatic rings. The van der Waals surface area contributed by atoms with Gasteiger partial charge < -0.3 is 10.6 Å². The van der Waals surface area contributed by atoms with E-state index in [1.54, 1.807) is 24.3 Å². The predicted molar refractivity (Wildman–Crippen MR) is 111 cm³/mol. The normalized spacial score (nSPS) is 10.7. The molecule has 0 aliphatic heterocycles. The second-order valence-corrected chi connectivity index (χ2v) is 6.60. The number of halogens is 2. The smallest absolute Gasteiger partial charge is 0.288 e. The lowest BCUT2D eigenvalue weighted by molar-refractivity contribution is -0.384. The van der Waals surface area contributed by atoms with Crippen LogP contribution in [0.5, 0.6) is 0 Å². The van der Waals surface area contributed by atoms with Crippen LogP contribution >= 0.6 is 23.2 Å². The highest BCUT2D eigenvalue weighted by atomic mass is 35.5. The fourth-order valence-electron chi connectivity index (χ4n) is 2.27. The zero-order valence-corrected chi connectivity index (χ0v) is 16.4. The van der Waals surface area contributed by atoms with E-state index in [0.29, 0.717) is 28.4 Å². The average Bonchev–Trinajstić information content (AvgIpc) is 2.63. The number of anilines is 2. The quantitative estimate of drug-likeness (QED) is 0.360. The van der Waals surface area contributed by atoms with E-state index in [1.165, 1.54) is 24.3 Å². The Labute approximate surface area is 171 Å². The first kappa shape index (κ1) is 21.4. The minimum absolute atomic E-state index is 0.0142. The van der Waals surface area contributed by atoms with Gasteiger partial charge in [0.15, 0.2) is 0 Å². The monoisotopic (exact) mass is 421 g/mol. The summed E-state index contributed by atoms with van der Waals surface area (Å²) < 4.78 is 0. The van der Waals surface area contributed by atoms with Crippen molar-refractivity contribution in [3.8, 4) is 0 Å². The van der Waals surface area contributed by atoms with Gasteiger partial charge in [0.25, 0.3) is 5.69 Å². The van der Waals surface area contributed by atoms with Gasteiger partial charge in [-0.1, -0.05) is 36.2 Å². The third-order valence-electron chi connectivity index (χ3n) is 3.58. The lowest BCUT2D eigenvalue weighted by Crippen LogP contribution is -2.12. The highest BCUT2D eigenvalue weighted by Gasteiger charge is 2.12. The van der Waals surface area contributed by atoms with Gasteiger partial charge in [0, 0.05) is 24.3 Å². The second-order valence-electron chi connectivity index (χ2n) is 5.78. The third-order valence-corrected chi connectivity index (χ3v) is 4.23. The van der Waals surface area contributed by atoms with Crippen molar-refractivity contribution in [3.63, 3.8) is 0 Å². The summed E-state index contributed by atoms with van der Waals surface area (Å²) in [7, 11) is 0. The van der Waals surface area contributed by atoms with E-state index in [2.05, 4.69) is 10.6 Å². The third kappa shape index (κ3) is 6.07. The number of nitrogens with one attached hydrogen (secondary N) is 2. The first-order chi connectivity index (χ1) is 13.3. The van der Waals surface area contributed by atoms with Crippen LogP contribution in [0.2, 0.25) is 10.0 Å². The van der Waals surface area contributed by atoms with Gasteiger partial charge in [-0.3, -0.25) is 19.7 Å². The minimum atomic E-state index is -0.599. The van der Waals surface area contributed by atoms with Crippen LogP contribution in [0.15, 0.2) is 42.5 Å². The molecule has 0 aliphatic carbocycles. The molecule has 0 fully saturated rings. The van der Waals surface area contributed by atoms with Crippen molar-refractivity contribution in [1.82, 2.24) is 0 Å². The fourth-order valence-corrected chi connectivity index (χ4v) is 2.62. The van der Waals surface area contributed by atoms with Crippen LogP contribution in [-0.2, 0) is 9.59 Å². The van der Waals surface area contributed by atoms with Crippen molar-refractivity contribution in [2.45, 2.75) is 19.8 Å². The standard InChI is InChI=1S/C19H17Cl2N3O4/c1-2-3-18(25)22-13-6-8-14(20)16(11-13)23-19(26)9-5-12-4-7-15(21)17(10-12)24(27)28/h4-11H,2-3H2,1H3,(H,22,25)(H,23,26). The van der Waals surface area contributed by atoms with Crippen molar-refractivity contribution >= 4 is 58.2 Å². The van der Waals surface area contributed by atoms with Gasteiger partial charge in [-0.25, -0.2) is 0 Å². The molecule has 0 bridgehead atoms. The van der Waals surface area contributed by atoms with Crippen LogP contribution in [0.25, 0.3) is 6.08 Å². The number of nitro groups is 1. The van der Waals surface area contributed by atoms with E-state index >= 15 is 0 Å². The molecule has 0 spiro atoms. The summed E-state index contributed by atoms with van der Waals surface area (Å²) in [5.41, 5.74) is 1.03. The van der Waals surface area contributed by atoms with Gasteiger partial charge in [-0.15, -0.1) is 0 Å².